The Bertz CT molecular complexity index is 538. The zero-order chi connectivity index (χ0) is 12.4. The van der Waals surface area contributed by atoms with E-state index in [0.717, 1.165) is 17.9 Å². The fourth-order valence-electron chi connectivity index (χ4n) is 1.92. The monoisotopic (exact) mass is 232 g/mol. The van der Waals surface area contributed by atoms with Crippen LogP contribution in [0.2, 0.25) is 0 Å². The minimum atomic E-state index is 0.0691. The van der Waals surface area contributed by atoms with Crippen LogP contribution >= 0.6 is 0 Å². The van der Waals surface area contributed by atoms with Gasteiger partial charge >= 0.3 is 0 Å². The van der Waals surface area contributed by atoms with Gasteiger partial charge in [-0.1, -0.05) is 0 Å². The topological polar surface area (TPSA) is 52.7 Å². The van der Waals surface area contributed by atoms with E-state index < -0.39 is 0 Å². The number of hydrogen-bond donors (Lipinski definition) is 0. The third-order valence-electron chi connectivity index (χ3n) is 2.73. The van der Waals surface area contributed by atoms with E-state index in [4.69, 9.17) is 0 Å². The third-order valence-corrected chi connectivity index (χ3v) is 2.73. The van der Waals surface area contributed by atoms with E-state index in [1.54, 1.807) is 24.0 Å². The van der Waals surface area contributed by atoms with Gasteiger partial charge in [0, 0.05) is 25.5 Å². The molecule has 0 N–H and O–H groups in total. The van der Waals surface area contributed by atoms with E-state index in [1.165, 1.54) is 0 Å². The average molecular weight is 232 g/mol. The summed E-state index contributed by atoms with van der Waals surface area (Å²) in [5, 5.41) is 8.33. The number of carbonyl (C=O) groups is 1. The van der Waals surface area contributed by atoms with Crippen LogP contribution in [-0.4, -0.2) is 25.3 Å². The molecule has 0 saturated carbocycles. The van der Waals surface area contributed by atoms with Gasteiger partial charge in [-0.25, -0.2) is 0 Å². The molecule has 0 spiro atoms. The molecule has 90 valence electrons. The molecule has 0 atom stereocenters. The molecular weight excluding hydrogens is 216 g/mol. The molecule has 2 heterocycles. The normalized spacial score (nSPS) is 10.8. The molecule has 5 heteroatoms. The zero-order valence-corrected chi connectivity index (χ0v) is 10.3. The first-order valence-electron chi connectivity index (χ1n) is 5.66. The molecule has 0 fully saturated rings. The Morgan fingerprint density at radius 3 is 2.82 bits per heavy atom. The van der Waals surface area contributed by atoms with Gasteiger partial charge < -0.3 is 0 Å². The largest absolute Gasteiger partial charge is 0.292 e. The lowest BCUT2D eigenvalue weighted by Gasteiger charge is -2.04. The van der Waals surface area contributed by atoms with Crippen molar-refractivity contribution < 1.29 is 4.79 Å². The lowest BCUT2D eigenvalue weighted by molar-refractivity contribution is 0.0981. The Kier molecular flexibility index (Phi) is 3.08. The molecule has 0 aliphatic heterocycles. The van der Waals surface area contributed by atoms with Crippen molar-refractivity contribution >= 4 is 5.78 Å². The van der Waals surface area contributed by atoms with Crippen LogP contribution in [0.5, 0.6) is 0 Å². The summed E-state index contributed by atoms with van der Waals surface area (Å²) in [7, 11) is 1.77. The molecule has 17 heavy (non-hydrogen) atoms. The number of rotatable bonds is 4. The molecule has 2 aromatic heterocycles. The lowest BCUT2D eigenvalue weighted by Crippen LogP contribution is -2.13. The summed E-state index contributed by atoms with van der Waals surface area (Å²) in [6, 6.07) is 3.69. The van der Waals surface area contributed by atoms with Crippen LogP contribution in [0.3, 0.4) is 0 Å². The maximum atomic E-state index is 12.1. The first-order chi connectivity index (χ1) is 8.11. The number of nitrogens with zero attached hydrogens (tertiary/aromatic N) is 4. The van der Waals surface area contributed by atoms with Gasteiger partial charge in [0.25, 0.3) is 0 Å². The van der Waals surface area contributed by atoms with Crippen LogP contribution in [0, 0.1) is 6.92 Å². The molecule has 2 rings (SSSR count). The molecule has 0 saturated heterocycles. The highest BCUT2D eigenvalue weighted by atomic mass is 16.1. The molecule has 0 aliphatic rings. The van der Waals surface area contributed by atoms with Crippen molar-refractivity contribution in [1.82, 2.24) is 19.6 Å². The zero-order valence-electron chi connectivity index (χ0n) is 10.3. The molecule has 0 unspecified atom stereocenters. The van der Waals surface area contributed by atoms with Crippen molar-refractivity contribution in [3.8, 4) is 0 Å². The highest BCUT2D eigenvalue weighted by molar-refractivity contribution is 5.95. The van der Waals surface area contributed by atoms with Crippen molar-refractivity contribution in [2.24, 2.45) is 7.05 Å². The lowest BCUT2D eigenvalue weighted by atomic mass is 10.1. The fourth-order valence-corrected chi connectivity index (χ4v) is 1.92. The van der Waals surface area contributed by atoms with Gasteiger partial charge in [-0.15, -0.1) is 0 Å². The van der Waals surface area contributed by atoms with Gasteiger partial charge in [-0.3, -0.25) is 14.2 Å². The van der Waals surface area contributed by atoms with Gasteiger partial charge in [0.05, 0.1) is 12.1 Å². The van der Waals surface area contributed by atoms with E-state index >= 15 is 0 Å². The summed E-state index contributed by atoms with van der Waals surface area (Å²) in [4.78, 5) is 12.1. The fraction of sp³-hybridized carbons (Fsp3) is 0.417. The first-order valence-corrected chi connectivity index (χ1v) is 5.66. The van der Waals surface area contributed by atoms with Gasteiger partial charge in [-0.05, 0) is 26.0 Å². The Hall–Kier alpha value is -1.91. The highest BCUT2D eigenvalue weighted by Gasteiger charge is 2.14. The number of aromatic nitrogens is 4. The van der Waals surface area contributed by atoms with Crippen LogP contribution in [0.4, 0.5) is 0 Å². The summed E-state index contributed by atoms with van der Waals surface area (Å²) in [6.45, 7) is 4.73. The summed E-state index contributed by atoms with van der Waals surface area (Å²) in [5.41, 5.74) is 2.53. The van der Waals surface area contributed by atoms with Crippen LogP contribution in [0.15, 0.2) is 18.3 Å². The summed E-state index contributed by atoms with van der Waals surface area (Å²) >= 11 is 0. The maximum Gasteiger partial charge on any atom is 0.186 e. The number of aryl methyl sites for hydroxylation is 3. The second kappa shape index (κ2) is 4.53. The number of ketones is 1. The van der Waals surface area contributed by atoms with Crippen molar-refractivity contribution in [3.63, 3.8) is 0 Å². The van der Waals surface area contributed by atoms with Crippen LogP contribution < -0.4 is 0 Å². The third kappa shape index (κ3) is 2.27. The summed E-state index contributed by atoms with van der Waals surface area (Å²) < 4.78 is 3.46. The van der Waals surface area contributed by atoms with Crippen molar-refractivity contribution in [3.05, 3.63) is 35.4 Å². The van der Waals surface area contributed by atoms with Crippen molar-refractivity contribution in [2.75, 3.05) is 0 Å². The Labute approximate surface area is 100 Å². The quantitative estimate of drug-likeness (QED) is 0.748. The second-order valence-corrected chi connectivity index (χ2v) is 4.03. The predicted molar refractivity (Wildman–Crippen MR) is 63.9 cm³/mol. The molecule has 0 bridgehead atoms. The van der Waals surface area contributed by atoms with E-state index in [0.29, 0.717) is 12.1 Å². The molecule has 2 aromatic rings. The maximum absolute atomic E-state index is 12.1. The van der Waals surface area contributed by atoms with Gasteiger partial charge in [0.1, 0.15) is 5.69 Å². The molecule has 0 radical (unpaired) electrons. The predicted octanol–water partition coefficient (Wildman–Crippen LogP) is 1.37. The smallest absolute Gasteiger partial charge is 0.186 e. The minimum absolute atomic E-state index is 0.0691. The van der Waals surface area contributed by atoms with Crippen LogP contribution in [0.1, 0.15) is 28.8 Å². The molecule has 0 amide bonds. The van der Waals surface area contributed by atoms with Gasteiger partial charge in [0.2, 0.25) is 0 Å². The molecular formula is C12H16N4O. The van der Waals surface area contributed by atoms with Crippen molar-refractivity contribution in [1.29, 1.82) is 0 Å². The van der Waals surface area contributed by atoms with Gasteiger partial charge in [0.15, 0.2) is 5.78 Å². The Morgan fingerprint density at radius 2 is 2.24 bits per heavy atom. The Morgan fingerprint density at radius 1 is 1.47 bits per heavy atom. The van der Waals surface area contributed by atoms with Crippen LogP contribution in [-0.2, 0) is 20.0 Å². The van der Waals surface area contributed by atoms with Gasteiger partial charge in [-0.2, -0.15) is 10.2 Å². The minimum Gasteiger partial charge on any atom is -0.292 e. The molecule has 0 aliphatic carbocycles. The number of hydrogen-bond acceptors (Lipinski definition) is 3. The first kappa shape index (κ1) is 11.6. The van der Waals surface area contributed by atoms with E-state index in [9.17, 15) is 4.79 Å². The van der Waals surface area contributed by atoms with E-state index in [1.807, 2.05) is 24.6 Å². The van der Waals surface area contributed by atoms with Crippen LogP contribution in [0.25, 0.3) is 0 Å². The summed E-state index contributed by atoms with van der Waals surface area (Å²) in [5.74, 6) is 0.0691. The highest BCUT2D eigenvalue weighted by Crippen LogP contribution is 2.09. The standard InChI is InChI=1S/C12H16N4O/c1-4-16-10(7-9(2)14-16)8-12(17)11-5-6-13-15(11)3/h5-7H,4,8H2,1-3H3. The second-order valence-electron chi connectivity index (χ2n) is 4.03. The van der Waals surface area contributed by atoms with E-state index in [2.05, 4.69) is 10.2 Å². The Balaban J connectivity index is 2.21. The average Bonchev–Trinajstić information content (AvgIpc) is 2.84. The number of Topliss-reactive ketones (excluding diaryl/α,β-unsaturated/α-hetero) is 1. The number of carbonyl (C=O) groups excluding carboxylic acids is 1. The van der Waals surface area contributed by atoms with E-state index in [-0.39, 0.29) is 5.78 Å². The van der Waals surface area contributed by atoms with Crippen molar-refractivity contribution in [2.45, 2.75) is 26.8 Å². The SMILES string of the molecule is CCn1nc(C)cc1CC(=O)c1ccnn1C. The molecule has 0 aromatic carbocycles. The molecule has 5 nitrogen and oxygen atoms in total. The summed E-state index contributed by atoms with van der Waals surface area (Å²) in [6.07, 6.45) is 2.00.